The molecule has 1 spiro atoms. The van der Waals surface area contributed by atoms with Crippen LogP contribution in [0.3, 0.4) is 0 Å². The van der Waals surface area contributed by atoms with Crippen LogP contribution in [-0.4, -0.2) is 4.98 Å². The van der Waals surface area contributed by atoms with Gasteiger partial charge in [0.2, 0.25) is 0 Å². The summed E-state index contributed by atoms with van der Waals surface area (Å²) >= 11 is 0. The van der Waals surface area contributed by atoms with Crippen LogP contribution in [0.1, 0.15) is 22.3 Å². The zero-order valence-electron chi connectivity index (χ0n) is 34.7. The number of hydrogen-bond donors (Lipinski definition) is 0. The van der Waals surface area contributed by atoms with Crippen molar-refractivity contribution < 1.29 is 4.74 Å². The average molecular weight is 812 g/mol. The van der Waals surface area contributed by atoms with E-state index in [1.165, 1.54) is 65.7 Å². The van der Waals surface area contributed by atoms with Crippen LogP contribution >= 0.6 is 0 Å². The summed E-state index contributed by atoms with van der Waals surface area (Å²) in [6, 6.07) is 81.9. The summed E-state index contributed by atoms with van der Waals surface area (Å²) in [5.41, 5.74) is 14.4. The van der Waals surface area contributed by atoms with E-state index in [0.717, 1.165) is 66.7 Å². The summed E-state index contributed by atoms with van der Waals surface area (Å²) in [5.74, 6) is 1.77. The van der Waals surface area contributed by atoms with E-state index in [9.17, 15) is 0 Å². The van der Waals surface area contributed by atoms with Gasteiger partial charge in [0, 0.05) is 32.8 Å². The van der Waals surface area contributed by atoms with Gasteiger partial charge in [0.05, 0.1) is 16.6 Å². The van der Waals surface area contributed by atoms with E-state index >= 15 is 0 Å². The molecule has 2 heteroatoms. The van der Waals surface area contributed by atoms with Gasteiger partial charge in [-0.1, -0.05) is 200 Å². The molecule has 1 aliphatic carbocycles. The van der Waals surface area contributed by atoms with Gasteiger partial charge in [0.1, 0.15) is 11.5 Å². The lowest BCUT2D eigenvalue weighted by Gasteiger charge is -2.40. The fourth-order valence-corrected chi connectivity index (χ4v) is 11.4. The Balaban J connectivity index is 0.988. The van der Waals surface area contributed by atoms with Gasteiger partial charge in [-0.2, -0.15) is 0 Å². The molecule has 1 aromatic heterocycles. The molecule has 0 saturated carbocycles. The minimum atomic E-state index is -0.559. The highest BCUT2D eigenvalue weighted by molar-refractivity contribution is 6.26. The van der Waals surface area contributed by atoms with Gasteiger partial charge in [-0.3, -0.25) is 0 Å². The molecule has 0 amide bonds. The number of rotatable bonds is 3. The molecule has 12 aromatic rings. The van der Waals surface area contributed by atoms with E-state index in [4.69, 9.17) is 9.72 Å². The summed E-state index contributed by atoms with van der Waals surface area (Å²) in [6.45, 7) is 0. The smallest absolute Gasteiger partial charge is 0.140 e. The maximum Gasteiger partial charge on any atom is 0.140 e. The number of ether oxygens (including phenoxy) is 1. The second kappa shape index (κ2) is 13.3. The van der Waals surface area contributed by atoms with Gasteiger partial charge in [-0.05, 0) is 101 Å². The predicted molar refractivity (Wildman–Crippen MR) is 265 cm³/mol. The number of para-hydroxylation sites is 1. The molecule has 2 nitrogen and oxygen atoms in total. The molecule has 64 heavy (non-hydrogen) atoms. The van der Waals surface area contributed by atoms with Crippen molar-refractivity contribution in [2.45, 2.75) is 5.41 Å². The van der Waals surface area contributed by atoms with Crippen molar-refractivity contribution in [2.75, 3.05) is 0 Å². The Morgan fingerprint density at radius 2 is 0.812 bits per heavy atom. The summed E-state index contributed by atoms with van der Waals surface area (Å²) in [4.78, 5) is 5.53. The van der Waals surface area contributed by atoms with E-state index in [0.29, 0.717) is 0 Å². The Hall–Kier alpha value is -8.33. The van der Waals surface area contributed by atoms with E-state index in [-0.39, 0.29) is 0 Å². The van der Waals surface area contributed by atoms with Crippen LogP contribution in [0.15, 0.2) is 224 Å². The molecule has 0 atom stereocenters. The first-order chi connectivity index (χ1) is 31.7. The van der Waals surface area contributed by atoms with Crippen molar-refractivity contribution in [1.82, 2.24) is 4.98 Å². The van der Waals surface area contributed by atoms with Crippen molar-refractivity contribution in [3.63, 3.8) is 0 Å². The molecule has 296 valence electrons. The molecule has 1 aliphatic heterocycles. The van der Waals surface area contributed by atoms with Crippen molar-refractivity contribution in [3.8, 4) is 56.1 Å². The van der Waals surface area contributed by atoms with Gasteiger partial charge in [-0.25, -0.2) is 4.98 Å². The molecule has 14 rings (SSSR count). The lowest BCUT2D eigenvalue weighted by Crippen LogP contribution is -2.32. The fourth-order valence-electron chi connectivity index (χ4n) is 11.4. The summed E-state index contributed by atoms with van der Waals surface area (Å²) in [5, 5.41) is 10.9. The monoisotopic (exact) mass is 811 g/mol. The fraction of sp³-hybridized carbons (Fsp3) is 0.0161. The highest BCUT2D eigenvalue weighted by Gasteiger charge is 2.51. The zero-order chi connectivity index (χ0) is 41.9. The van der Waals surface area contributed by atoms with Crippen molar-refractivity contribution in [2.24, 2.45) is 0 Å². The third-order valence-corrected chi connectivity index (χ3v) is 14.1. The summed E-state index contributed by atoms with van der Waals surface area (Å²) in [7, 11) is 0. The van der Waals surface area contributed by atoms with Gasteiger partial charge in [0.25, 0.3) is 0 Å². The normalized spacial score (nSPS) is 13.2. The molecular formula is C62H37NO. The van der Waals surface area contributed by atoms with E-state index < -0.39 is 5.41 Å². The number of nitrogens with zero attached hydrogens (tertiary/aromatic N) is 1. The van der Waals surface area contributed by atoms with E-state index in [1.807, 2.05) is 0 Å². The maximum atomic E-state index is 7.24. The molecule has 2 heterocycles. The SMILES string of the molecule is c1ccc(-c2nc3cc(-c4cccc(-c5ccc6c7ccccc7c7ccccc7c6c5)c4)ccc3c3c4c(ccc23)C2(c3ccccc3O4)c3ccccc3-c3ccccc32)cc1. The second-order valence-electron chi connectivity index (χ2n) is 17.3. The van der Waals surface area contributed by atoms with Crippen LogP contribution in [0.5, 0.6) is 11.5 Å². The molecular weight excluding hydrogens is 775 g/mol. The van der Waals surface area contributed by atoms with E-state index in [1.54, 1.807) is 0 Å². The average Bonchev–Trinajstić information content (AvgIpc) is 3.66. The minimum absolute atomic E-state index is 0.559. The summed E-state index contributed by atoms with van der Waals surface area (Å²) in [6.07, 6.45) is 0. The molecule has 0 saturated heterocycles. The van der Waals surface area contributed by atoms with Crippen molar-refractivity contribution >= 4 is 54.0 Å². The number of pyridine rings is 1. The Kier molecular flexibility index (Phi) is 7.35. The van der Waals surface area contributed by atoms with Crippen LogP contribution in [-0.2, 0) is 5.41 Å². The van der Waals surface area contributed by atoms with Gasteiger partial charge in [-0.15, -0.1) is 0 Å². The molecule has 2 aliphatic rings. The first-order valence-electron chi connectivity index (χ1n) is 22.1. The topological polar surface area (TPSA) is 22.1 Å². The van der Waals surface area contributed by atoms with Crippen LogP contribution in [0.2, 0.25) is 0 Å². The Labute approximate surface area is 370 Å². The highest BCUT2D eigenvalue weighted by atomic mass is 16.5. The first kappa shape index (κ1) is 35.3. The number of aromatic nitrogens is 1. The second-order valence-corrected chi connectivity index (χ2v) is 17.3. The molecule has 0 N–H and O–H groups in total. The van der Waals surface area contributed by atoms with Gasteiger partial charge < -0.3 is 4.74 Å². The van der Waals surface area contributed by atoms with Gasteiger partial charge in [0.15, 0.2) is 0 Å². The third kappa shape index (κ3) is 4.82. The predicted octanol–water partition coefficient (Wildman–Crippen LogP) is 16.3. The maximum absolute atomic E-state index is 7.24. The molecule has 0 unspecified atom stereocenters. The summed E-state index contributed by atoms with van der Waals surface area (Å²) < 4.78 is 7.24. The Morgan fingerprint density at radius 1 is 0.312 bits per heavy atom. The quantitative estimate of drug-likeness (QED) is 0.166. The number of hydrogen-bond acceptors (Lipinski definition) is 2. The van der Waals surface area contributed by atoms with Crippen LogP contribution < -0.4 is 4.74 Å². The Bertz CT molecular complexity index is 3860. The standard InChI is InChI=1S/C62H37NO/c1-2-15-38(16-3-1)60-51-33-34-56-61(64-58-28-13-12-27-55(58)62(56)53-25-10-8-23-48(53)49-24-9-11-26-54(49)62)59(51)50-32-30-42(37-57(50)63-60)40-18-14-17-39(35-40)41-29-31-47-45-21-5-4-19-43(45)44-20-6-7-22-46(44)52(47)36-41/h1-37H. The number of benzene rings is 11. The third-order valence-electron chi connectivity index (χ3n) is 14.1. The van der Waals surface area contributed by atoms with E-state index in [2.05, 4.69) is 224 Å². The van der Waals surface area contributed by atoms with Crippen molar-refractivity contribution in [3.05, 3.63) is 247 Å². The molecule has 0 radical (unpaired) electrons. The van der Waals surface area contributed by atoms with Crippen LogP contribution in [0.25, 0.3) is 98.6 Å². The number of fused-ring (bicyclic) bond motifs is 19. The lowest BCUT2D eigenvalue weighted by atomic mass is 9.65. The Morgan fingerprint density at radius 3 is 1.50 bits per heavy atom. The molecule has 0 bridgehead atoms. The van der Waals surface area contributed by atoms with Crippen LogP contribution in [0.4, 0.5) is 0 Å². The van der Waals surface area contributed by atoms with Gasteiger partial charge >= 0.3 is 0 Å². The van der Waals surface area contributed by atoms with Crippen molar-refractivity contribution in [1.29, 1.82) is 0 Å². The van der Waals surface area contributed by atoms with Crippen LogP contribution in [0, 0.1) is 0 Å². The zero-order valence-corrected chi connectivity index (χ0v) is 34.7. The molecule has 0 fully saturated rings. The largest absolute Gasteiger partial charge is 0.456 e. The highest BCUT2D eigenvalue weighted by Crippen LogP contribution is 2.63. The lowest BCUT2D eigenvalue weighted by molar-refractivity contribution is 0.442. The molecule has 11 aromatic carbocycles. The minimum Gasteiger partial charge on any atom is -0.456 e. The first-order valence-corrected chi connectivity index (χ1v) is 22.1.